The topological polar surface area (TPSA) is 69.2 Å². The molecule has 0 saturated heterocycles. The van der Waals surface area contributed by atoms with Crippen LogP contribution in [0, 0.1) is 0 Å². The zero-order valence-electron chi connectivity index (χ0n) is 11.8. The first-order chi connectivity index (χ1) is 10.1. The number of aromatic amines is 1. The van der Waals surface area contributed by atoms with Gasteiger partial charge in [-0.3, -0.25) is 5.10 Å². The number of benzene rings is 2. The fraction of sp³-hybridized carbons (Fsp3) is 0.125. The summed E-state index contributed by atoms with van der Waals surface area (Å²) < 4.78 is 0. The number of anilines is 1. The Bertz CT molecular complexity index is 804. The smallest absolute Gasteiger partial charge is 0.337 e. The van der Waals surface area contributed by atoms with Crippen molar-refractivity contribution >= 4 is 22.6 Å². The number of fused-ring (bicyclic) bond motifs is 1. The number of H-pyrrole nitrogens is 1. The van der Waals surface area contributed by atoms with Crippen molar-refractivity contribution in [3.05, 3.63) is 48.0 Å². The summed E-state index contributed by atoms with van der Waals surface area (Å²) in [6.07, 6.45) is 0. The molecule has 0 spiro atoms. The number of carboxylic acid groups (broad SMARTS) is 1. The molecule has 0 atom stereocenters. The van der Waals surface area contributed by atoms with Gasteiger partial charge in [0.2, 0.25) is 0 Å². The molecule has 106 valence electrons. The van der Waals surface area contributed by atoms with Crippen molar-refractivity contribution in [3.63, 3.8) is 0 Å². The van der Waals surface area contributed by atoms with E-state index in [9.17, 15) is 9.90 Å². The van der Waals surface area contributed by atoms with E-state index in [4.69, 9.17) is 0 Å². The number of rotatable bonds is 3. The molecule has 2 aromatic carbocycles. The summed E-state index contributed by atoms with van der Waals surface area (Å²) in [6, 6.07) is 13.2. The minimum atomic E-state index is -0.959. The Morgan fingerprint density at radius 3 is 2.48 bits per heavy atom. The van der Waals surface area contributed by atoms with Crippen molar-refractivity contribution in [1.29, 1.82) is 0 Å². The van der Waals surface area contributed by atoms with E-state index in [1.54, 1.807) is 12.1 Å². The van der Waals surface area contributed by atoms with Crippen LogP contribution in [0.5, 0.6) is 0 Å². The van der Waals surface area contributed by atoms with Gasteiger partial charge < -0.3 is 10.0 Å². The van der Waals surface area contributed by atoms with E-state index in [-0.39, 0.29) is 5.56 Å². The zero-order chi connectivity index (χ0) is 15.0. The summed E-state index contributed by atoms with van der Waals surface area (Å²) in [5, 5.41) is 17.1. The van der Waals surface area contributed by atoms with Crippen LogP contribution in [0.15, 0.2) is 42.5 Å². The summed E-state index contributed by atoms with van der Waals surface area (Å²) in [4.78, 5) is 13.2. The Morgan fingerprint density at radius 2 is 1.86 bits per heavy atom. The van der Waals surface area contributed by atoms with Crippen molar-refractivity contribution < 1.29 is 9.90 Å². The molecule has 0 aliphatic carbocycles. The maximum Gasteiger partial charge on any atom is 0.337 e. The fourth-order valence-corrected chi connectivity index (χ4v) is 2.36. The van der Waals surface area contributed by atoms with Crippen LogP contribution >= 0.6 is 0 Å². The maximum absolute atomic E-state index is 11.2. The molecule has 0 amide bonds. The van der Waals surface area contributed by atoms with Crippen LogP contribution in [0.2, 0.25) is 0 Å². The van der Waals surface area contributed by atoms with Crippen molar-refractivity contribution in [2.75, 3.05) is 19.0 Å². The highest BCUT2D eigenvalue weighted by Crippen LogP contribution is 2.29. The average Bonchev–Trinajstić information content (AvgIpc) is 2.90. The number of hydrogen-bond acceptors (Lipinski definition) is 3. The fourth-order valence-electron chi connectivity index (χ4n) is 2.36. The monoisotopic (exact) mass is 281 g/mol. The third-order valence-electron chi connectivity index (χ3n) is 3.49. The van der Waals surface area contributed by atoms with Gasteiger partial charge in [0.05, 0.1) is 16.8 Å². The molecule has 0 bridgehead atoms. The van der Waals surface area contributed by atoms with Gasteiger partial charge in [-0.15, -0.1) is 0 Å². The molecule has 3 aromatic rings. The predicted octanol–water partition coefficient (Wildman–Crippen LogP) is 2.99. The van der Waals surface area contributed by atoms with E-state index < -0.39 is 5.97 Å². The lowest BCUT2D eigenvalue weighted by molar-refractivity contribution is 0.0699. The predicted molar refractivity (Wildman–Crippen MR) is 82.8 cm³/mol. The van der Waals surface area contributed by atoms with Crippen molar-refractivity contribution in [2.45, 2.75) is 0 Å². The third kappa shape index (κ3) is 2.23. The van der Waals surface area contributed by atoms with Gasteiger partial charge in [-0.25, -0.2) is 4.79 Å². The van der Waals surface area contributed by atoms with Gasteiger partial charge in [0, 0.05) is 30.7 Å². The number of hydrogen-bond donors (Lipinski definition) is 2. The zero-order valence-corrected chi connectivity index (χ0v) is 11.8. The van der Waals surface area contributed by atoms with Crippen LogP contribution in [0.1, 0.15) is 10.4 Å². The van der Waals surface area contributed by atoms with Gasteiger partial charge in [-0.05, 0) is 18.2 Å². The van der Waals surface area contributed by atoms with Crippen LogP contribution in [0.4, 0.5) is 5.69 Å². The lowest BCUT2D eigenvalue weighted by Crippen LogP contribution is -2.07. The van der Waals surface area contributed by atoms with Crippen LogP contribution in [0.25, 0.3) is 22.2 Å². The molecule has 0 radical (unpaired) electrons. The van der Waals surface area contributed by atoms with Gasteiger partial charge in [0.1, 0.15) is 0 Å². The molecule has 0 fully saturated rings. The van der Waals surface area contributed by atoms with Crippen molar-refractivity contribution in [3.8, 4) is 11.3 Å². The quantitative estimate of drug-likeness (QED) is 0.774. The number of carboxylic acids is 1. The highest BCUT2D eigenvalue weighted by atomic mass is 16.4. The highest BCUT2D eigenvalue weighted by molar-refractivity contribution is 6.05. The normalized spacial score (nSPS) is 10.8. The van der Waals surface area contributed by atoms with Crippen LogP contribution in [-0.2, 0) is 0 Å². The molecule has 1 aromatic heterocycles. The third-order valence-corrected chi connectivity index (χ3v) is 3.49. The Kier molecular flexibility index (Phi) is 3.10. The summed E-state index contributed by atoms with van der Waals surface area (Å²) in [5.41, 5.74) is 3.60. The van der Waals surface area contributed by atoms with E-state index in [1.807, 2.05) is 49.3 Å². The van der Waals surface area contributed by atoms with Gasteiger partial charge in [-0.2, -0.15) is 5.10 Å². The summed E-state index contributed by atoms with van der Waals surface area (Å²) in [6.45, 7) is 0. The lowest BCUT2D eigenvalue weighted by Gasteiger charge is -2.12. The van der Waals surface area contributed by atoms with Gasteiger partial charge in [0.15, 0.2) is 0 Å². The van der Waals surface area contributed by atoms with Crippen molar-refractivity contribution in [2.24, 2.45) is 0 Å². The van der Waals surface area contributed by atoms with E-state index in [0.717, 1.165) is 22.3 Å². The first-order valence-electron chi connectivity index (χ1n) is 6.56. The van der Waals surface area contributed by atoms with E-state index in [2.05, 4.69) is 10.2 Å². The summed E-state index contributed by atoms with van der Waals surface area (Å²) >= 11 is 0. The number of para-hydroxylation sites is 1. The molecule has 0 unspecified atom stereocenters. The first-order valence-corrected chi connectivity index (χ1v) is 6.56. The standard InChI is InChI=1S/C16H15N3O2/c1-19(2)11-8-6-10(7-9-11)14-12-4-3-5-13(16(20)21)15(12)18-17-14/h3-9H,1-2H3,(H,17,18)(H,20,21). The molecule has 0 aliphatic heterocycles. The molecule has 3 rings (SSSR count). The second kappa shape index (κ2) is 4.94. The molecular weight excluding hydrogens is 266 g/mol. The minimum Gasteiger partial charge on any atom is -0.478 e. The molecule has 5 heteroatoms. The molecule has 0 saturated carbocycles. The van der Waals surface area contributed by atoms with Gasteiger partial charge >= 0.3 is 5.97 Å². The van der Waals surface area contributed by atoms with Crippen LogP contribution in [-0.4, -0.2) is 35.4 Å². The largest absolute Gasteiger partial charge is 0.478 e. The molecule has 0 aliphatic rings. The lowest BCUT2D eigenvalue weighted by atomic mass is 10.0. The van der Waals surface area contributed by atoms with Crippen LogP contribution < -0.4 is 4.90 Å². The number of carbonyl (C=O) groups is 1. The van der Waals surface area contributed by atoms with Crippen molar-refractivity contribution in [1.82, 2.24) is 10.2 Å². The van der Waals surface area contributed by atoms with Gasteiger partial charge in [-0.1, -0.05) is 24.3 Å². The van der Waals surface area contributed by atoms with E-state index in [0.29, 0.717) is 5.52 Å². The SMILES string of the molecule is CN(C)c1ccc(-c2n[nH]c3c(C(=O)O)cccc23)cc1. The number of aromatic nitrogens is 2. The molecule has 1 heterocycles. The van der Waals surface area contributed by atoms with E-state index in [1.165, 1.54) is 0 Å². The van der Waals surface area contributed by atoms with Gasteiger partial charge in [0.25, 0.3) is 0 Å². The maximum atomic E-state index is 11.2. The average molecular weight is 281 g/mol. The Balaban J connectivity index is 2.13. The highest BCUT2D eigenvalue weighted by Gasteiger charge is 2.14. The number of nitrogens with one attached hydrogen (secondary N) is 1. The molecular formula is C16H15N3O2. The molecule has 21 heavy (non-hydrogen) atoms. The Labute approximate surface area is 121 Å². The van der Waals surface area contributed by atoms with Crippen LogP contribution in [0.3, 0.4) is 0 Å². The number of nitrogens with zero attached hydrogens (tertiary/aromatic N) is 2. The summed E-state index contributed by atoms with van der Waals surface area (Å²) in [7, 11) is 3.97. The molecule has 5 nitrogen and oxygen atoms in total. The Hall–Kier alpha value is -2.82. The minimum absolute atomic E-state index is 0.233. The van der Waals surface area contributed by atoms with E-state index >= 15 is 0 Å². The number of aromatic carboxylic acids is 1. The summed E-state index contributed by atoms with van der Waals surface area (Å²) in [5.74, 6) is -0.959. The Morgan fingerprint density at radius 1 is 1.14 bits per heavy atom. The first kappa shape index (κ1) is 13.2. The molecule has 2 N–H and O–H groups in total. The second-order valence-electron chi connectivity index (χ2n) is 5.05. The second-order valence-corrected chi connectivity index (χ2v) is 5.05.